The van der Waals surface area contributed by atoms with Crippen molar-refractivity contribution in [3.8, 4) is 5.75 Å². The first-order valence-electron chi connectivity index (χ1n) is 7.29. The van der Waals surface area contributed by atoms with E-state index in [0.29, 0.717) is 34.6 Å². The Morgan fingerprint density at radius 1 is 1.12 bits per heavy atom. The lowest BCUT2D eigenvalue weighted by Gasteiger charge is -2.12. The van der Waals surface area contributed by atoms with Crippen LogP contribution >= 0.6 is 34.8 Å². The molecule has 2 rings (SSSR count). The van der Waals surface area contributed by atoms with Crippen molar-refractivity contribution in [1.82, 2.24) is 0 Å². The van der Waals surface area contributed by atoms with E-state index in [1.807, 2.05) is 6.92 Å². The zero-order valence-corrected chi connectivity index (χ0v) is 15.2. The van der Waals surface area contributed by atoms with E-state index in [-0.39, 0.29) is 10.6 Å². The van der Waals surface area contributed by atoms with Crippen LogP contribution in [0.1, 0.15) is 29.3 Å². The quantitative estimate of drug-likeness (QED) is 0.634. The molecule has 0 saturated carbocycles. The number of carboxylic acids is 1. The van der Waals surface area contributed by atoms with Gasteiger partial charge in [-0.2, -0.15) is 0 Å². The number of halogens is 3. The summed E-state index contributed by atoms with van der Waals surface area (Å²) < 4.78 is 5.53. The van der Waals surface area contributed by atoms with E-state index in [4.69, 9.17) is 44.6 Å². The summed E-state index contributed by atoms with van der Waals surface area (Å²) in [6, 6.07) is 8.25. The van der Waals surface area contributed by atoms with Crippen molar-refractivity contribution >= 4 is 46.5 Å². The van der Waals surface area contributed by atoms with Crippen LogP contribution in [0.4, 0.5) is 5.69 Å². The van der Waals surface area contributed by atoms with Gasteiger partial charge in [0.15, 0.2) is 5.75 Å². The molecular formula is C17H16Cl3NO3. The molecule has 2 N–H and O–H groups in total. The second kappa shape index (κ2) is 8.47. The minimum atomic E-state index is -1.08. The van der Waals surface area contributed by atoms with Crippen LogP contribution in [-0.2, 0) is 6.54 Å². The second-order valence-electron chi connectivity index (χ2n) is 5.09. The van der Waals surface area contributed by atoms with Gasteiger partial charge in [-0.15, -0.1) is 0 Å². The smallest absolute Gasteiger partial charge is 0.337 e. The van der Waals surface area contributed by atoms with Crippen molar-refractivity contribution in [2.24, 2.45) is 0 Å². The number of anilines is 1. The summed E-state index contributed by atoms with van der Waals surface area (Å²) >= 11 is 18.3. The summed E-state index contributed by atoms with van der Waals surface area (Å²) in [6.07, 6.45) is 0.860. The van der Waals surface area contributed by atoms with Gasteiger partial charge in [0, 0.05) is 12.2 Å². The third-order valence-electron chi connectivity index (χ3n) is 3.20. The Morgan fingerprint density at radius 3 is 2.38 bits per heavy atom. The molecule has 0 aromatic heterocycles. The van der Waals surface area contributed by atoms with E-state index in [0.717, 1.165) is 12.0 Å². The van der Waals surface area contributed by atoms with Gasteiger partial charge >= 0.3 is 5.97 Å². The van der Waals surface area contributed by atoms with Gasteiger partial charge < -0.3 is 15.2 Å². The van der Waals surface area contributed by atoms with Gasteiger partial charge in [0.05, 0.1) is 27.2 Å². The minimum absolute atomic E-state index is 0.0426. The maximum absolute atomic E-state index is 11.1. The molecule has 0 aliphatic carbocycles. The first kappa shape index (κ1) is 18.7. The number of ether oxygens (including phenoxy) is 1. The van der Waals surface area contributed by atoms with Gasteiger partial charge in [0.1, 0.15) is 0 Å². The predicted octanol–water partition coefficient (Wildman–Crippen LogP) is 5.75. The van der Waals surface area contributed by atoms with Crippen LogP contribution in [0.2, 0.25) is 15.1 Å². The van der Waals surface area contributed by atoms with Crippen molar-refractivity contribution in [2.45, 2.75) is 19.9 Å². The van der Waals surface area contributed by atoms with Crippen LogP contribution < -0.4 is 10.1 Å². The highest BCUT2D eigenvalue weighted by molar-refractivity contribution is 6.37. The average Bonchev–Trinajstić information content (AvgIpc) is 2.53. The van der Waals surface area contributed by atoms with Crippen LogP contribution in [0.5, 0.6) is 5.75 Å². The standard InChI is InChI=1S/C17H16Cl3NO3/c1-2-5-24-16-14(19)6-10(7-15(16)20)9-21-11-3-4-13(18)12(8-11)17(22)23/h3-4,6-8,21H,2,5,9H2,1H3,(H,22,23). The molecule has 4 nitrogen and oxygen atoms in total. The van der Waals surface area contributed by atoms with Gasteiger partial charge in [0.2, 0.25) is 0 Å². The topological polar surface area (TPSA) is 58.6 Å². The molecule has 0 heterocycles. The maximum Gasteiger partial charge on any atom is 0.337 e. The summed E-state index contributed by atoms with van der Waals surface area (Å²) in [5.74, 6) is -0.601. The summed E-state index contributed by atoms with van der Waals surface area (Å²) in [4.78, 5) is 11.1. The summed E-state index contributed by atoms with van der Waals surface area (Å²) in [5.41, 5.74) is 1.53. The molecule has 0 fully saturated rings. The monoisotopic (exact) mass is 387 g/mol. The van der Waals surface area contributed by atoms with Gasteiger partial charge in [-0.05, 0) is 42.3 Å². The SMILES string of the molecule is CCCOc1c(Cl)cc(CNc2ccc(Cl)c(C(=O)O)c2)cc1Cl. The fourth-order valence-electron chi connectivity index (χ4n) is 2.06. The first-order valence-corrected chi connectivity index (χ1v) is 8.43. The summed E-state index contributed by atoms with van der Waals surface area (Å²) in [6.45, 7) is 2.96. The number of aromatic carboxylic acids is 1. The highest BCUT2D eigenvalue weighted by Gasteiger charge is 2.11. The largest absolute Gasteiger partial charge is 0.490 e. The van der Waals surface area contributed by atoms with E-state index < -0.39 is 5.97 Å². The highest BCUT2D eigenvalue weighted by Crippen LogP contribution is 2.34. The Labute approximate surface area is 155 Å². The molecule has 2 aromatic rings. The predicted molar refractivity (Wildman–Crippen MR) is 98.0 cm³/mol. The van der Waals surface area contributed by atoms with Gasteiger partial charge in [-0.1, -0.05) is 41.7 Å². The second-order valence-corrected chi connectivity index (χ2v) is 6.31. The van der Waals surface area contributed by atoms with Gasteiger partial charge in [-0.25, -0.2) is 4.79 Å². The van der Waals surface area contributed by atoms with Gasteiger partial charge in [-0.3, -0.25) is 0 Å². The van der Waals surface area contributed by atoms with Crippen molar-refractivity contribution in [1.29, 1.82) is 0 Å². The zero-order chi connectivity index (χ0) is 17.7. The number of hydrogen-bond donors (Lipinski definition) is 2. The van der Waals surface area contributed by atoms with Crippen LogP contribution in [0.3, 0.4) is 0 Å². The summed E-state index contributed by atoms with van der Waals surface area (Å²) in [5, 5.41) is 13.3. The molecule has 0 spiro atoms. The number of carbonyl (C=O) groups is 1. The molecule has 0 unspecified atom stereocenters. The summed E-state index contributed by atoms with van der Waals surface area (Å²) in [7, 11) is 0. The molecule has 24 heavy (non-hydrogen) atoms. The molecule has 0 bridgehead atoms. The molecule has 0 radical (unpaired) electrons. The van der Waals surface area contributed by atoms with E-state index in [1.165, 1.54) is 12.1 Å². The Morgan fingerprint density at radius 2 is 1.79 bits per heavy atom. The van der Waals surface area contributed by atoms with Crippen LogP contribution in [0.25, 0.3) is 0 Å². The van der Waals surface area contributed by atoms with Crippen molar-refractivity contribution in [3.05, 3.63) is 56.5 Å². The average molecular weight is 389 g/mol. The van der Waals surface area contributed by atoms with Crippen LogP contribution in [-0.4, -0.2) is 17.7 Å². The van der Waals surface area contributed by atoms with E-state index >= 15 is 0 Å². The normalized spacial score (nSPS) is 10.5. The highest BCUT2D eigenvalue weighted by atomic mass is 35.5. The Balaban J connectivity index is 2.12. The number of nitrogens with one attached hydrogen (secondary N) is 1. The first-order chi connectivity index (χ1) is 11.4. The van der Waals surface area contributed by atoms with E-state index in [9.17, 15) is 4.79 Å². The molecule has 2 aromatic carbocycles. The lowest BCUT2D eigenvalue weighted by atomic mass is 10.1. The third-order valence-corrected chi connectivity index (χ3v) is 4.09. The van der Waals surface area contributed by atoms with E-state index in [2.05, 4.69) is 5.32 Å². The maximum atomic E-state index is 11.1. The Bertz CT molecular complexity index is 727. The molecule has 0 aliphatic heterocycles. The molecule has 0 atom stereocenters. The molecule has 128 valence electrons. The minimum Gasteiger partial charge on any atom is -0.490 e. The van der Waals surface area contributed by atoms with Crippen molar-refractivity contribution < 1.29 is 14.6 Å². The molecule has 7 heteroatoms. The number of carboxylic acid groups (broad SMARTS) is 1. The third kappa shape index (κ3) is 4.69. The van der Waals surface area contributed by atoms with Crippen molar-refractivity contribution in [2.75, 3.05) is 11.9 Å². The van der Waals surface area contributed by atoms with Crippen molar-refractivity contribution in [3.63, 3.8) is 0 Å². The Hall–Kier alpha value is -1.62. The van der Waals surface area contributed by atoms with Crippen LogP contribution in [0, 0.1) is 0 Å². The van der Waals surface area contributed by atoms with E-state index in [1.54, 1.807) is 18.2 Å². The molecule has 0 aliphatic rings. The van der Waals surface area contributed by atoms with Crippen LogP contribution in [0.15, 0.2) is 30.3 Å². The lowest BCUT2D eigenvalue weighted by molar-refractivity contribution is 0.0697. The number of rotatable bonds is 7. The fourth-order valence-corrected chi connectivity index (χ4v) is 2.90. The lowest BCUT2D eigenvalue weighted by Crippen LogP contribution is -2.03. The zero-order valence-electron chi connectivity index (χ0n) is 12.9. The molecule has 0 saturated heterocycles. The molecule has 0 amide bonds. The number of benzene rings is 2. The Kier molecular flexibility index (Phi) is 6.60. The molecular weight excluding hydrogens is 373 g/mol. The van der Waals surface area contributed by atoms with Gasteiger partial charge in [0.25, 0.3) is 0 Å². The fraction of sp³-hybridized carbons (Fsp3) is 0.235. The number of hydrogen-bond acceptors (Lipinski definition) is 3.